The Morgan fingerprint density at radius 3 is 2.72 bits per heavy atom. The van der Waals surface area contributed by atoms with E-state index in [1.165, 1.54) is 28.0 Å². The summed E-state index contributed by atoms with van der Waals surface area (Å²) in [7, 11) is 0. The van der Waals surface area contributed by atoms with Crippen LogP contribution < -0.4 is 11.3 Å². The largest absolute Gasteiger partial charge is 0.419 e. The fourth-order valence-corrected chi connectivity index (χ4v) is 4.36. The van der Waals surface area contributed by atoms with Gasteiger partial charge in [-0.1, -0.05) is 24.3 Å². The molecule has 0 bridgehead atoms. The Labute approximate surface area is 166 Å². The fourth-order valence-electron chi connectivity index (χ4n) is 3.40. The van der Waals surface area contributed by atoms with Gasteiger partial charge >= 0.3 is 5.76 Å². The van der Waals surface area contributed by atoms with Gasteiger partial charge in [0.2, 0.25) is 0 Å². The van der Waals surface area contributed by atoms with Gasteiger partial charge in [-0.2, -0.15) is 0 Å². The molecule has 5 aromatic rings. The molecule has 8 heteroatoms. The van der Waals surface area contributed by atoms with Crippen LogP contribution in [0.15, 0.2) is 67.9 Å². The summed E-state index contributed by atoms with van der Waals surface area (Å²) in [4.78, 5) is 32.8. The quantitative estimate of drug-likeness (QED) is 0.489. The molecule has 0 saturated heterocycles. The third-order valence-electron chi connectivity index (χ3n) is 4.79. The molecule has 3 heterocycles. The van der Waals surface area contributed by atoms with Crippen LogP contribution in [-0.2, 0) is 13.0 Å². The van der Waals surface area contributed by atoms with Gasteiger partial charge in [0, 0.05) is 23.9 Å². The number of oxazole rings is 1. The molecule has 2 aromatic carbocycles. The van der Waals surface area contributed by atoms with Crippen LogP contribution in [0.1, 0.15) is 5.82 Å². The number of nitrogens with one attached hydrogen (secondary N) is 1. The Bertz CT molecular complexity index is 1460. The Hall–Kier alpha value is -3.52. The summed E-state index contributed by atoms with van der Waals surface area (Å²) < 4.78 is 20.0. The van der Waals surface area contributed by atoms with Gasteiger partial charge in [-0.05, 0) is 29.8 Å². The first-order valence-electron chi connectivity index (χ1n) is 8.95. The Morgan fingerprint density at radius 1 is 1.10 bits per heavy atom. The molecule has 0 radical (unpaired) electrons. The number of nitrogens with zero attached hydrogens (tertiary/aromatic N) is 2. The van der Waals surface area contributed by atoms with Crippen LogP contribution >= 0.6 is 11.3 Å². The van der Waals surface area contributed by atoms with Crippen molar-refractivity contribution in [2.45, 2.75) is 13.0 Å². The highest BCUT2D eigenvalue weighted by molar-refractivity contribution is 7.17. The molecule has 0 saturated carbocycles. The number of para-hydroxylation sites is 2. The van der Waals surface area contributed by atoms with E-state index in [2.05, 4.69) is 9.97 Å². The summed E-state index contributed by atoms with van der Waals surface area (Å²) in [5, 5.41) is 2.33. The topological polar surface area (TPSA) is 80.9 Å². The second kappa shape index (κ2) is 6.82. The van der Waals surface area contributed by atoms with Crippen LogP contribution in [0, 0.1) is 5.82 Å². The predicted octanol–water partition coefficient (Wildman–Crippen LogP) is 3.94. The third-order valence-corrected chi connectivity index (χ3v) is 5.67. The molecule has 0 aliphatic heterocycles. The molecule has 0 fully saturated rings. The van der Waals surface area contributed by atoms with Gasteiger partial charge in [0.15, 0.2) is 5.58 Å². The van der Waals surface area contributed by atoms with Crippen molar-refractivity contribution in [1.82, 2.24) is 14.5 Å². The van der Waals surface area contributed by atoms with Gasteiger partial charge < -0.3 is 9.40 Å². The number of H-pyrrole nitrogens is 1. The first kappa shape index (κ1) is 17.6. The van der Waals surface area contributed by atoms with Gasteiger partial charge in [0.05, 0.1) is 10.9 Å². The fraction of sp³-hybridized carbons (Fsp3) is 0.0952. The number of aryl methyl sites for hydroxylation is 2. The average molecular weight is 407 g/mol. The Balaban J connectivity index is 1.49. The summed E-state index contributed by atoms with van der Waals surface area (Å²) in [6.45, 7) is 0.334. The van der Waals surface area contributed by atoms with Gasteiger partial charge in [-0.15, -0.1) is 11.3 Å². The molecule has 0 spiro atoms. The van der Waals surface area contributed by atoms with Crippen LogP contribution in [0.2, 0.25) is 0 Å². The van der Waals surface area contributed by atoms with E-state index in [9.17, 15) is 14.0 Å². The maximum atomic E-state index is 13.2. The van der Waals surface area contributed by atoms with E-state index >= 15 is 0 Å². The molecule has 0 amide bonds. The normalized spacial score (nSPS) is 11.5. The van der Waals surface area contributed by atoms with Crippen LogP contribution in [0.5, 0.6) is 0 Å². The highest BCUT2D eigenvalue weighted by atomic mass is 32.1. The van der Waals surface area contributed by atoms with Crippen LogP contribution in [0.25, 0.3) is 32.4 Å². The van der Waals surface area contributed by atoms with E-state index in [4.69, 9.17) is 4.42 Å². The zero-order valence-electron chi connectivity index (χ0n) is 15.0. The number of halogens is 1. The zero-order chi connectivity index (χ0) is 20.0. The average Bonchev–Trinajstić information content (AvgIpc) is 3.28. The maximum Gasteiger partial charge on any atom is 0.419 e. The number of aromatic amines is 1. The van der Waals surface area contributed by atoms with Gasteiger partial charge in [-0.25, -0.2) is 14.2 Å². The number of fused-ring (bicyclic) bond motifs is 2. The number of rotatable bonds is 4. The van der Waals surface area contributed by atoms with E-state index in [0.717, 1.165) is 11.1 Å². The van der Waals surface area contributed by atoms with E-state index in [0.29, 0.717) is 40.1 Å². The van der Waals surface area contributed by atoms with Crippen molar-refractivity contribution in [2.24, 2.45) is 0 Å². The SMILES string of the molecule is O=c1[nH]c(CCn2c(=O)oc3ccccc32)nc2scc(-c3ccc(F)cc3)c12. The molecule has 29 heavy (non-hydrogen) atoms. The van der Waals surface area contributed by atoms with Crippen molar-refractivity contribution in [2.75, 3.05) is 0 Å². The van der Waals surface area contributed by atoms with E-state index in [-0.39, 0.29) is 11.4 Å². The minimum atomic E-state index is -0.440. The van der Waals surface area contributed by atoms with Crippen LogP contribution in [0.4, 0.5) is 4.39 Å². The summed E-state index contributed by atoms with van der Waals surface area (Å²) in [5.74, 6) is -0.277. The monoisotopic (exact) mass is 407 g/mol. The highest BCUT2D eigenvalue weighted by Gasteiger charge is 2.14. The first-order valence-corrected chi connectivity index (χ1v) is 9.83. The lowest BCUT2D eigenvalue weighted by Gasteiger charge is -2.04. The number of hydrogen-bond acceptors (Lipinski definition) is 5. The Morgan fingerprint density at radius 2 is 1.90 bits per heavy atom. The highest BCUT2D eigenvalue weighted by Crippen LogP contribution is 2.30. The van der Waals surface area contributed by atoms with Crippen molar-refractivity contribution < 1.29 is 8.81 Å². The summed E-state index contributed by atoms with van der Waals surface area (Å²) in [6.07, 6.45) is 0.373. The van der Waals surface area contributed by atoms with Crippen molar-refractivity contribution in [3.63, 3.8) is 0 Å². The first-order chi connectivity index (χ1) is 14.1. The lowest BCUT2D eigenvalue weighted by Crippen LogP contribution is -2.18. The molecule has 1 N–H and O–H groups in total. The van der Waals surface area contributed by atoms with Crippen molar-refractivity contribution in [3.05, 3.63) is 86.5 Å². The van der Waals surface area contributed by atoms with Gasteiger partial charge in [-0.3, -0.25) is 9.36 Å². The predicted molar refractivity (Wildman–Crippen MR) is 110 cm³/mol. The molecule has 0 aliphatic carbocycles. The number of aromatic nitrogens is 3. The number of thiophene rings is 1. The molecule has 0 aliphatic rings. The molecule has 5 rings (SSSR count). The molecule has 144 valence electrons. The lowest BCUT2D eigenvalue weighted by atomic mass is 10.1. The Kier molecular flexibility index (Phi) is 4.13. The summed E-state index contributed by atoms with van der Waals surface area (Å²) >= 11 is 1.36. The van der Waals surface area contributed by atoms with Crippen molar-refractivity contribution in [3.8, 4) is 11.1 Å². The zero-order valence-corrected chi connectivity index (χ0v) is 15.8. The molecule has 0 unspecified atom stereocenters. The minimum absolute atomic E-state index is 0.255. The second-order valence-electron chi connectivity index (χ2n) is 6.59. The van der Waals surface area contributed by atoms with Crippen LogP contribution in [0.3, 0.4) is 0 Å². The van der Waals surface area contributed by atoms with Crippen LogP contribution in [-0.4, -0.2) is 14.5 Å². The summed E-state index contributed by atoms with van der Waals surface area (Å²) in [5.41, 5.74) is 2.46. The standard InChI is InChI=1S/C21H14FN3O3S/c22-13-7-5-12(6-8-13)14-11-29-20-18(14)19(26)23-17(24-20)9-10-25-15-3-1-2-4-16(15)28-21(25)27/h1-8,11H,9-10H2,(H,23,24,26). The van der Waals surface area contributed by atoms with Crippen molar-refractivity contribution >= 4 is 32.7 Å². The number of hydrogen-bond donors (Lipinski definition) is 1. The third kappa shape index (κ3) is 3.07. The summed E-state index contributed by atoms with van der Waals surface area (Å²) in [6, 6.07) is 13.2. The van der Waals surface area contributed by atoms with Gasteiger partial charge in [0.25, 0.3) is 5.56 Å². The lowest BCUT2D eigenvalue weighted by molar-refractivity contribution is 0.503. The second-order valence-corrected chi connectivity index (χ2v) is 7.44. The maximum absolute atomic E-state index is 13.2. The molecule has 3 aromatic heterocycles. The molecular weight excluding hydrogens is 393 g/mol. The molecule has 6 nitrogen and oxygen atoms in total. The van der Waals surface area contributed by atoms with Gasteiger partial charge in [0.1, 0.15) is 16.5 Å². The van der Waals surface area contributed by atoms with E-state index in [1.807, 2.05) is 17.5 Å². The number of benzene rings is 2. The van der Waals surface area contributed by atoms with E-state index in [1.54, 1.807) is 24.3 Å². The smallest absolute Gasteiger partial charge is 0.408 e. The van der Waals surface area contributed by atoms with Crippen molar-refractivity contribution in [1.29, 1.82) is 0 Å². The van der Waals surface area contributed by atoms with E-state index < -0.39 is 5.76 Å². The minimum Gasteiger partial charge on any atom is -0.408 e. The molecule has 0 atom stereocenters. The molecular formula is C21H14FN3O3S.